The number of halogens is 2. The summed E-state index contributed by atoms with van der Waals surface area (Å²) in [7, 11) is 0. The Morgan fingerprint density at radius 3 is 2.56 bits per heavy atom. The van der Waals surface area contributed by atoms with Crippen LogP contribution in [0.3, 0.4) is 0 Å². The molecule has 0 saturated carbocycles. The Kier molecular flexibility index (Phi) is 4.52. The maximum atomic E-state index is 12.1. The summed E-state index contributed by atoms with van der Waals surface area (Å²) in [4.78, 5) is 4.58. The Bertz CT molecular complexity index is 474. The Labute approximate surface area is 108 Å². The number of hydrogen-bond acceptors (Lipinski definition) is 3. The number of alkyl halides is 2. The highest BCUT2D eigenvalue weighted by Crippen LogP contribution is 2.26. The highest BCUT2D eigenvalue weighted by molar-refractivity contribution is 7.99. The van der Waals surface area contributed by atoms with Gasteiger partial charge in [0.05, 0.1) is 0 Å². The maximum absolute atomic E-state index is 12.1. The number of nitrogens with zero attached hydrogens (tertiary/aromatic N) is 1. The fraction of sp³-hybridized carbons (Fsp3) is 0.154. The van der Waals surface area contributed by atoms with Crippen molar-refractivity contribution in [1.29, 1.82) is 0 Å². The third-order valence-corrected chi connectivity index (χ3v) is 3.02. The number of aromatic nitrogens is 1. The molecule has 2 rings (SSSR count). The van der Waals surface area contributed by atoms with Gasteiger partial charge in [0.25, 0.3) is 5.76 Å². The van der Waals surface area contributed by atoms with Gasteiger partial charge in [-0.1, -0.05) is 17.8 Å². The summed E-state index contributed by atoms with van der Waals surface area (Å²) in [5, 5.41) is 3.20. The molecule has 0 aliphatic carbocycles. The number of hydrogen-bond donors (Lipinski definition) is 1. The molecule has 94 valence electrons. The predicted octanol–water partition coefficient (Wildman–Crippen LogP) is 4.01. The van der Waals surface area contributed by atoms with Crippen LogP contribution in [0.25, 0.3) is 0 Å². The molecule has 1 N–H and O–H groups in total. The Morgan fingerprint density at radius 2 is 1.94 bits per heavy atom. The van der Waals surface area contributed by atoms with Gasteiger partial charge in [-0.2, -0.15) is 8.78 Å². The number of pyridine rings is 1. The summed E-state index contributed by atoms with van der Waals surface area (Å²) in [5.41, 5.74) is 1.97. The molecule has 0 fully saturated rings. The molecular formula is C13H12F2N2S. The molecule has 1 heterocycles. The second kappa shape index (κ2) is 6.35. The van der Waals surface area contributed by atoms with Gasteiger partial charge in [0.1, 0.15) is 0 Å². The Hall–Kier alpha value is -1.62. The lowest BCUT2D eigenvalue weighted by Gasteiger charge is -2.07. The van der Waals surface area contributed by atoms with Crippen molar-refractivity contribution in [2.24, 2.45) is 0 Å². The number of benzene rings is 1. The summed E-state index contributed by atoms with van der Waals surface area (Å²) in [6, 6.07) is 10.8. The van der Waals surface area contributed by atoms with Crippen LogP contribution in [0, 0.1) is 0 Å². The molecule has 5 heteroatoms. The normalized spacial score (nSPS) is 10.6. The van der Waals surface area contributed by atoms with E-state index in [0.29, 0.717) is 23.2 Å². The zero-order chi connectivity index (χ0) is 12.8. The molecule has 18 heavy (non-hydrogen) atoms. The SMILES string of the molecule is FC(F)Sc1ccc(NCc2cccnc2)cc1. The van der Waals surface area contributed by atoms with Crippen LogP contribution >= 0.6 is 11.8 Å². The first-order valence-electron chi connectivity index (χ1n) is 5.42. The van der Waals surface area contributed by atoms with Crippen LogP contribution in [0.1, 0.15) is 5.56 Å². The van der Waals surface area contributed by atoms with E-state index in [2.05, 4.69) is 10.3 Å². The standard InChI is InChI=1S/C13H12F2N2S/c14-13(15)18-12-5-3-11(4-6-12)17-9-10-2-1-7-16-8-10/h1-8,13,17H,9H2. The number of nitrogens with one attached hydrogen (secondary N) is 1. The minimum absolute atomic E-state index is 0.550. The van der Waals surface area contributed by atoms with Gasteiger partial charge >= 0.3 is 0 Å². The quantitative estimate of drug-likeness (QED) is 0.828. The first kappa shape index (κ1) is 12.8. The van der Waals surface area contributed by atoms with Crippen molar-refractivity contribution in [1.82, 2.24) is 4.98 Å². The van der Waals surface area contributed by atoms with Gasteiger partial charge in [0.15, 0.2) is 0 Å². The van der Waals surface area contributed by atoms with Crippen LogP contribution in [-0.4, -0.2) is 10.7 Å². The smallest absolute Gasteiger partial charge is 0.288 e. The average Bonchev–Trinajstić information content (AvgIpc) is 2.38. The number of anilines is 1. The molecule has 0 unspecified atom stereocenters. The van der Waals surface area contributed by atoms with Gasteiger partial charge in [-0.05, 0) is 35.9 Å². The van der Waals surface area contributed by atoms with E-state index >= 15 is 0 Å². The second-order valence-electron chi connectivity index (χ2n) is 3.62. The van der Waals surface area contributed by atoms with Crippen LogP contribution in [-0.2, 0) is 6.54 Å². The van der Waals surface area contributed by atoms with Gasteiger partial charge in [-0.25, -0.2) is 0 Å². The van der Waals surface area contributed by atoms with Crippen molar-refractivity contribution in [3.05, 3.63) is 54.4 Å². The molecule has 0 amide bonds. The van der Waals surface area contributed by atoms with E-state index in [-0.39, 0.29) is 0 Å². The van der Waals surface area contributed by atoms with E-state index in [4.69, 9.17) is 0 Å². The fourth-order valence-corrected chi connectivity index (χ4v) is 1.96. The highest BCUT2D eigenvalue weighted by atomic mass is 32.2. The lowest BCUT2D eigenvalue weighted by Crippen LogP contribution is -1.99. The summed E-state index contributed by atoms with van der Waals surface area (Å²) in [5.74, 6) is -2.38. The van der Waals surface area contributed by atoms with Crippen molar-refractivity contribution in [3.63, 3.8) is 0 Å². The largest absolute Gasteiger partial charge is 0.381 e. The van der Waals surface area contributed by atoms with E-state index in [1.54, 1.807) is 36.7 Å². The molecule has 0 saturated heterocycles. The van der Waals surface area contributed by atoms with Gasteiger partial charge in [0.2, 0.25) is 0 Å². The topological polar surface area (TPSA) is 24.9 Å². The fourth-order valence-electron chi connectivity index (χ4n) is 1.46. The van der Waals surface area contributed by atoms with Crippen molar-refractivity contribution in [2.45, 2.75) is 17.2 Å². The van der Waals surface area contributed by atoms with E-state index in [1.807, 2.05) is 12.1 Å². The average molecular weight is 266 g/mol. The minimum Gasteiger partial charge on any atom is -0.381 e. The first-order chi connectivity index (χ1) is 8.74. The van der Waals surface area contributed by atoms with Crippen LogP contribution in [0.5, 0.6) is 0 Å². The first-order valence-corrected chi connectivity index (χ1v) is 6.29. The molecule has 0 bridgehead atoms. The van der Waals surface area contributed by atoms with Crippen molar-refractivity contribution in [3.8, 4) is 0 Å². The summed E-state index contributed by atoms with van der Waals surface area (Å²) in [6.45, 7) is 0.662. The molecule has 0 aliphatic rings. The monoisotopic (exact) mass is 266 g/mol. The van der Waals surface area contributed by atoms with Crippen molar-refractivity contribution < 1.29 is 8.78 Å². The summed E-state index contributed by atoms with van der Waals surface area (Å²) >= 11 is 0.550. The van der Waals surface area contributed by atoms with Crippen molar-refractivity contribution in [2.75, 3.05) is 5.32 Å². The van der Waals surface area contributed by atoms with Crippen LogP contribution < -0.4 is 5.32 Å². The zero-order valence-corrected chi connectivity index (χ0v) is 10.3. The van der Waals surface area contributed by atoms with E-state index < -0.39 is 5.76 Å². The lowest BCUT2D eigenvalue weighted by atomic mass is 10.2. The third kappa shape index (κ3) is 4.00. The zero-order valence-electron chi connectivity index (χ0n) is 9.51. The third-order valence-electron chi connectivity index (χ3n) is 2.30. The highest BCUT2D eigenvalue weighted by Gasteiger charge is 2.04. The van der Waals surface area contributed by atoms with Gasteiger partial charge in [0, 0.05) is 29.5 Å². The second-order valence-corrected chi connectivity index (χ2v) is 4.68. The molecule has 1 aromatic heterocycles. The van der Waals surface area contributed by atoms with E-state index in [0.717, 1.165) is 11.3 Å². The Morgan fingerprint density at radius 1 is 1.17 bits per heavy atom. The number of thioether (sulfide) groups is 1. The van der Waals surface area contributed by atoms with Crippen molar-refractivity contribution >= 4 is 17.4 Å². The van der Waals surface area contributed by atoms with E-state index in [9.17, 15) is 8.78 Å². The maximum Gasteiger partial charge on any atom is 0.288 e. The number of rotatable bonds is 5. The molecule has 2 aromatic rings. The summed E-state index contributed by atoms with van der Waals surface area (Å²) < 4.78 is 24.3. The molecule has 0 atom stereocenters. The molecule has 0 spiro atoms. The van der Waals surface area contributed by atoms with Gasteiger partial charge in [-0.3, -0.25) is 4.98 Å². The molecule has 1 aromatic carbocycles. The van der Waals surface area contributed by atoms with E-state index in [1.165, 1.54) is 0 Å². The van der Waals surface area contributed by atoms with Crippen LogP contribution in [0.4, 0.5) is 14.5 Å². The molecule has 0 radical (unpaired) electrons. The molecule has 0 aliphatic heterocycles. The molecule has 2 nitrogen and oxygen atoms in total. The minimum atomic E-state index is -2.38. The van der Waals surface area contributed by atoms with Gasteiger partial charge < -0.3 is 5.32 Å². The van der Waals surface area contributed by atoms with Crippen LogP contribution in [0.15, 0.2) is 53.7 Å². The predicted molar refractivity (Wildman–Crippen MR) is 69.9 cm³/mol. The van der Waals surface area contributed by atoms with Crippen LogP contribution in [0.2, 0.25) is 0 Å². The molecular weight excluding hydrogens is 254 g/mol. The summed E-state index contributed by atoms with van der Waals surface area (Å²) in [6.07, 6.45) is 3.51. The lowest BCUT2D eigenvalue weighted by molar-refractivity contribution is 0.252. The van der Waals surface area contributed by atoms with Gasteiger partial charge in [-0.15, -0.1) is 0 Å². The Balaban J connectivity index is 1.90.